The summed E-state index contributed by atoms with van der Waals surface area (Å²) >= 11 is 0. The minimum Gasteiger partial charge on any atom is -0.308 e. The molecule has 0 amide bonds. The molecule has 1 aromatic heterocycles. The van der Waals surface area contributed by atoms with Gasteiger partial charge in [0, 0.05) is 17.8 Å². The van der Waals surface area contributed by atoms with Crippen molar-refractivity contribution in [2.75, 3.05) is 12.5 Å². The summed E-state index contributed by atoms with van der Waals surface area (Å²) in [5.41, 5.74) is 3.54. The number of rotatable bonds is 4. The summed E-state index contributed by atoms with van der Waals surface area (Å²) in [5, 5.41) is 0. The fourth-order valence-electron chi connectivity index (χ4n) is 2.81. The molecule has 0 saturated heterocycles. The van der Waals surface area contributed by atoms with E-state index in [-0.39, 0.29) is 0 Å². The lowest BCUT2D eigenvalue weighted by Crippen LogP contribution is -2.35. The number of nitrogen functional groups attached to an aromatic ring is 1. The van der Waals surface area contributed by atoms with E-state index in [1.807, 2.05) is 13.0 Å². The highest BCUT2D eigenvalue weighted by atomic mass is 15.3. The number of nitrogens with zero attached hydrogens (tertiary/aromatic N) is 3. The first kappa shape index (κ1) is 14.2. The van der Waals surface area contributed by atoms with Crippen LogP contribution in [-0.2, 0) is 6.54 Å². The number of aromatic nitrogens is 2. The second-order valence-electron chi connectivity index (χ2n) is 5.78. The Hall–Kier alpha value is -1.20. The number of nitrogens with two attached hydrogens (primary N) is 1. The molecule has 1 heterocycles. The number of hydrazine groups is 1. The molecule has 0 spiro atoms. The first-order chi connectivity index (χ1) is 9.08. The van der Waals surface area contributed by atoms with Gasteiger partial charge in [-0.1, -0.05) is 6.92 Å². The van der Waals surface area contributed by atoms with Crippen molar-refractivity contribution in [3.05, 3.63) is 17.6 Å². The lowest BCUT2D eigenvalue weighted by Gasteiger charge is -2.33. The van der Waals surface area contributed by atoms with Gasteiger partial charge in [0.15, 0.2) is 0 Å². The van der Waals surface area contributed by atoms with E-state index in [9.17, 15) is 0 Å². The van der Waals surface area contributed by atoms with Crippen molar-refractivity contribution in [1.29, 1.82) is 0 Å². The van der Waals surface area contributed by atoms with Crippen molar-refractivity contribution in [3.63, 3.8) is 0 Å². The van der Waals surface area contributed by atoms with E-state index in [1.54, 1.807) is 0 Å². The highest BCUT2D eigenvalue weighted by Gasteiger charge is 2.22. The molecule has 1 aromatic rings. The van der Waals surface area contributed by atoms with Gasteiger partial charge in [-0.2, -0.15) is 0 Å². The van der Waals surface area contributed by atoms with Crippen LogP contribution in [0.2, 0.25) is 0 Å². The van der Waals surface area contributed by atoms with Crippen LogP contribution in [0, 0.1) is 12.8 Å². The molecule has 106 valence electrons. The van der Waals surface area contributed by atoms with Crippen LogP contribution in [0.15, 0.2) is 6.07 Å². The zero-order chi connectivity index (χ0) is 13.8. The Kier molecular flexibility index (Phi) is 4.71. The minimum absolute atomic E-state index is 0.662. The molecule has 0 atom stereocenters. The van der Waals surface area contributed by atoms with Gasteiger partial charge in [-0.3, -0.25) is 4.90 Å². The molecule has 0 bridgehead atoms. The number of hydrogen-bond donors (Lipinski definition) is 2. The molecule has 5 heteroatoms. The second kappa shape index (κ2) is 6.30. The molecule has 0 radical (unpaired) electrons. The maximum atomic E-state index is 5.42. The third-order valence-electron chi connectivity index (χ3n) is 4.05. The second-order valence-corrected chi connectivity index (χ2v) is 5.78. The Morgan fingerprint density at radius 3 is 2.63 bits per heavy atom. The minimum atomic E-state index is 0.662. The largest absolute Gasteiger partial charge is 0.308 e. The van der Waals surface area contributed by atoms with E-state index in [4.69, 9.17) is 5.84 Å². The maximum absolute atomic E-state index is 5.42. The first-order valence-corrected chi connectivity index (χ1v) is 7.10. The highest BCUT2D eigenvalue weighted by Crippen LogP contribution is 2.27. The van der Waals surface area contributed by atoms with Gasteiger partial charge in [0.25, 0.3) is 0 Å². The smallest absolute Gasteiger partial charge is 0.145 e. The summed E-state index contributed by atoms with van der Waals surface area (Å²) < 4.78 is 0. The van der Waals surface area contributed by atoms with Gasteiger partial charge in [-0.15, -0.1) is 0 Å². The van der Waals surface area contributed by atoms with Crippen molar-refractivity contribution < 1.29 is 0 Å². The molecule has 0 unspecified atom stereocenters. The Morgan fingerprint density at radius 1 is 1.32 bits per heavy atom. The zero-order valence-corrected chi connectivity index (χ0v) is 12.2. The van der Waals surface area contributed by atoms with Gasteiger partial charge >= 0.3 is 0 Å². The molecule has 1 fully saturated rings. The summed E-state index contributed by atoms with van der Waals surface area (Å²) in [7, 11) is 2.17. The average Bonchev–Trinajstić information content (AvgIpc) is 2.38. The summed E-state index contributed by atoms with van der Waals surface area (Å²) in [6, 6.07) is 2.51. The monoisotopic (exact) mass is 263 g/mol. The average molecular weight is 263 g/mol. The summed E-state index contributed by atoms with van der Waals surface area (Å²) in [4.78, 5) is 11.3. The summed E-state index contributed by atoms with van der Waals surface area (Å²) in [5.74, 6) is 7.83. The molecule has 5 nitrogen and oxygen atoms in total. The van der Waals surface area contributed by atoms with Crippen LogP contribution < -0.4 is 11.3 Å². The lowest BCUT2D eigenvalue weighted by atomic mass is 9.87. The van der Waals surface area contributed by atoms with Crippen LogP contribution >= 0.6 is 0 Å². The Morgan fingerprint density at radius 2 is 2.00 bits per heavy atom. The van der Waals surface area contributed by atoms with E-state index in [0.717, 1.165) is 24.0 Å². The third kappa shape index (κ3) is 3.88. The molecule has 2 rings (SSSR count). The number of nitrogens with one attached hydrogen (secondary N) is 1. The van der Waals surface area contributed by atoms with Crippen molar-refractivity contribution in [1.82, 2.24) is 14.9 Å². The number of anilines is 1. The van der Waals surface area contributed by atoms with Crippen LogP contribution in [0.1, 0.15) is 44.1 Å². The molecular weight excluding hydrogens is 238 g/mol. The molecular formula is C14H25N5. The molecule has 1 aliphatic carbocycles. The van der Waals surface area contributed by atoms with Crippen molar-refractivity contribution in [2.24, 2.45) is 11.8 Å². The SMILES string of the molecule is Cc1cc(NN)nc(CN(C)C2CCC(C)CC2)n1. The van der Waals surface area contributed by atoms with Crippen molar-refractivity contribution >= 4 is 5.82 Å². The third-order valence-corrected chi connectivity index (χ3v) is 4.05. The van der Waals surface area contributed by atoms with E-state index in [0.29, 0.717) is 11.9 Å². The van der Waals surface area contributed by atoms with Crippen molar-refractivity contribution in [3.8, 4) is 0 Å². The Bertz CT molecular complexity index is 412. The molecule has 3 N–H and O–H groups in total. The predicted molar refractivity (Wildman–Crippen MR) is 77.5 cm³/mol. The Labute approximate surface area is 115 Å². The molecule has 19 heavy (non-hydrogen) atoms. The topological polar surface area (TPSA) is 67.1 Å². The van der Waals surface area contributed by atoms with E-state index in [1.165, 1.54) is 25.7 Å². The molecule has 0 aromatic carbocycles. The van der Waals surface area contributed by atoms with Gasteiger partial charge in [-0.25, -0.2) is 15.8 Å². The van der Waals surface area contributed by atoms with Gasteiger partial charge in [0.05, 0.1) is 6.54 Å². The molecule has 1 saturated carbocycles. The van der Waals surface area contributed by atoms with Gasteiger partial charge in [0.2, 0.25) is 0 Å². The quantitative estimate of drug-likeness (QED) is 0.643. The molecule has 1 aliphatic rings. The van der Waals surface area contributed by atoms with E-state index in [2.05, 4.69) is 34.3 Å². The number of aryl methyl sites for hydroxylation is 1. The normalized spacial score (nSPS) is 23.6. The van der Waals surface area contributed by atoms with Crippen LogP contribution in [0.25, 0.3) is 0 Å². The summed E-state index contributed by atoms with van der Waals surface area (Å²) in [6.07, 6.45) is 5.23. The fraction of sp³-hybridized carbons (Fsp3) is 0.714. The highest BCUT2D eigenvalue weighted by molar-refractivity contribution is 5.33. The van der Waals surface area contributed by atoms with E-state index < -0.39 is 0 Å². The van der Waals surface area contributed by atoms with Gasteiger partial charge < -0.3 is 5.43 Å². The van der Waals surface area contributed by atoms with Gasteiger partial charge in [-0.05, 0) is 45.6 Å². The number of hydrogen-bond acceptors (Lipinski definition) is 5. The van der Waals surface area contributed by atoms with Crippen LogP contribution in [0.5, 0.6) is 0 Å². The standard InChI is InChI=1S/C14H25N5/c1-10-4-6-12(7-5-10)19(3)9-14-16-11(2)8-13(17-14)18-15/h8,10,12H,4-7,9,15H2,1-3H3,(H,16,17,18). The predicted octanol–water partition coefficient (Wildman–Crippen LogP) is 2.08. The molecule has 0 aliphatic heterocycles. The van der Waals surface area contributed by atoms with E-state index >= 15 is 0 Å². The van der Waals surface area contributed by atoms with Gasteiger partial charge in [0.1, 0.15) is 11.6 Å². The lowest BCUT2D eigenvalue weighted by molar-refractivity contribution is 0.161. The van der Waals surface area contributed by atoms with Crippen LogP contribution in [0.4, 0.5) is 5.82 Å². The van der Waals surface area contributed by atoms with Crippen molar-refractivity contribution in [2.45, 2.75) is 52.1 Å². The zero-order valence-electron chi connectivity index (χ0n) is 12.2. The van der Waals surface area contributed by atoms with Crippen LogP contribution in [0.3, 0.4) is 0 Å². The first-order valence-electron chi connectivity index (χ1n) is 7.10. The fourth-order valence-corrected chi connectivity index (χ4v) is 2.81. The maximum Gasteiger partial charge on any atom is 0.145 e. The Balaban J connectivity index is 1.98. The summed E-state index contributed by atoms with van der Waals surface area (Å²) in [6.45, 7) is 5.10. The van der Waals surface area contributed by atoms with Crippen LogP contribution in [-0.4, -0.2) is 28.0 Å².